The van der Waals surface area contributed by atoms with Gasteiger partial charge in [-0.15, -0.1) is 0 Å². The molecule has 0 bridgehead atoms. The first-order valence-electron chi connectivity index (χ1n) is 7.10. The van der Waals surface area contributed by atoms with Crippen LogP contribution in [0.5, 0.6) is 0 Å². The normalized spacial score (nSPS) is 11.3. The molecule has 0 heterocycles. The van der Waals surface area contributed by atoms with Gasteiger partial charge < -0.3 is 0 Å². The van der Waals surface area contributed by atoms with Gasteiger partial charge >= 0.3 is 0 Å². The van der Waals surface area contributed by atoms with Crippen LogP contribution < -0.4 is 0 Å². The van der Waals surface area contributed by atoms with Crippen LogP contribution in [-0.2, 0) is 0 Å². The maximum absolute atomic E-state index is 2.30. The van der Waals surface area contributed by atoms with Crippen molar-refractivity contribution in [3.8, 4) is 0 Å². The van der Waals surface area contributed by atoms with Gasteiger partial charge in [0.25, 0.3) is 0 Å². The third-order valence-corrected chi connectivity index (χ3v) is 5.66. The third-order valence-electron chi connectivity index (χ3n) is 3.28. The van der Waals surface area contributed by atoms with Crippen molar-refractivity contribution in [3.05, 3.63) is 59.7 Å². The van der Waals surface area contributed by atoms with Crippen LogP contribution in [0.4, 0.5) is 0 Å². The van der Waals surface area contributed by atoms with Crippen molar-refractivity contribution in [2.75, 3.05) is 0 Å². The summed E-state index contributed by atoms with van der Waals surface area (Å²) in [6, 6.07) is 17.7. The van der Waals surface area contributed by atoms with Crippen LogP contribution >= 0.6 is 21.6 Å². The zero-order valence-electron chi connectivity index (χ0n) is 12.6. The molecule has 0 aromatic heterocycles. The fourth-order valence-corrected chi connectivity index (χ4v) is 3.98. The second-order valence-electron chi connectivity index (χ2n) is 5.62. The Bertz CT molecular complexity index is 507. The zero-order valence-corrected chi connectivity index (χ0v) is 14.2. The molecular weight excluding hydrogens is 280 g/mol. The lowest BCUT2D eigenvalue weighted by Crippen LogP contribution is -1.86. The maximum atomic E-state index is 2.30. The molecule has 0 N–H and O–H groups in total. The summed E-state index contributed by atoms with van der Waals surface area (Å²) >= 11 is 0. The molecule has 0 radical (unpaired) electrons. The Kier molecular flexibility index (Phi) is 5.62. The Morgan fingerprint density at radius 2 is 1.05 bits per heavy atom. The standard InChI is InChI=1S/C18H22S2/c1-13(2)15-7-5-9-17(11-15)19-20-18-10-6-8-16(12-18)14(3)4/h5-14H,1-4H3. The predicted octanol–water partition coefficient (Wildman–Crippen LogP) is 6.73. The quantitative estimate of drug-likeness (QED) is 0.561. The van der Waals surface area contributed by atoms with Crippen LogP contribution in [0.15, 0.2) is 58.3 Å². The van der Waals surface area contributed by atoms with E-state index in [1.165, 1.54) is 20.9 Å². The molecule has 0 aliphatic carbocycles. The van der Waals surface area contributed by atoms with E-state index in [1.807, 2.05) is 21.6 Å². The van der Waals surface area contributed by atoms with Gasteiger partial charge in [-0.3, -0.25) is 0 Å². The van der Waals surface area contributed by atoms with Gasteiger partial charge in [0.05, 0.1) is 0 Å². The third kappa shape index (κ3) is 4.32. The molecule has 20 heavy (non-hydrogen) atoms. The molecule has 0 aliphatic heterocycles. The Morgan fingerprint density at radius 1 is 0.650 bits per heavy atom. The van der Waals surface area contributed by atoms with Crippen molar-refractivity contribution in [1.82, 2.24) is 0 Å². The monoisotopic (exact) mass is 302 g/mol. The molecule has 2 heteroatoms. The van der Waals surface area contributed by atoms with E-state index in [0.717, 1.165) is 0 Å². The second-order valence-corrected chi connectivity index (χ2v) is 7.90. The largest absolute Gasteiger partial charge is 0.0608 e. The fraction of sp³-hybridized carbons (Fsp3) is 0.333. The van der Waals surface area contributed by atoms with Crippen LogP contribution in [-0.4, -0.2) is 0 Å². The molecule has 0 atom stereocenters. The summed E-state index contributed by atoms with van der Waals surface area (Å²) in [6.07, 6.45) is 0. The van der Waals surface area contributed by atoms with Crippen LogP contribution in [0, 0.1) is 0 Å². The van der Waals surface area contributed by atoms with Gasteiger partial charge in [-0.1, -0.05) is 73.5 Å². The highest BCUT2D eigenvalue weighted by Crippen LogP contribution is 2.38. The molecule has 0 nitrogen and oxygen atoms in total. The van der Waals surface area contributed by atoms with Crippen molar-refractivity contribution in [1.29, 1.82) is 0 Å². The van der Waals surface area contributed by atoms with E-state index in [9.17, 15) is 0 Å². The van der Waals surface area contributed by atoms with E-state index in [0.29, 0.717) is 11.8 Å². The Labute approximate surface area is 130 Å². The van der Waals surface area contributed by atoms with Crippen LogP contribution in [0.25, 0.3) is 0 Å². The minimum Gasteiger partial charge on any atom is -0.0608 e. The SMILES string of the molecule is CC(C)c1cccc(SSc2cccc(C(C)C)c2)c1. The molecule has 2 aromatic rings. The maximum Gasteiger partial charge on any atom is 0.0189 e. The summed E-state index contributed by atoms with van der Waals surface area (Å²) in [4.78, 5) is 2.66. The van der Waals surface area contributed by atoms with Crippen LogP contribution in [0.3, 0.4) is 0 Å². The Morgan fingerprint density at radius 3 is 1.40 bits per heavy atom. The fourth-order valence-electron chi connectivity index (χ4n) is 1.95. The van der Waals surface area contributed by atoms with E-state index >= 15 is 0 Å². The molecule has 0 saturated heterocycles. The lowest BCUT2D eigenvalue weighted by Gasteiger charge is -2.09. The molecule has 0 saturated carbocycles. The molecule has 0 amide bonds. The first-order valence-corrected chi connectivity index (χ1v) is 9.25. The van der Waals surface area contributed by atoms with Gasteiger partial charge in [-0.2, -0.15) is 0 Å². The molecule has 0 fully saturated rings. The highest BCUT2D eigenvalue weighted by molar-refractivity contribution is 8.76. The van der Waals surface area contributed by atoms with E-state index < -0.39 is 0 Å². The average molecular weight is 303 g/mol. The molecule has 0 unspecified atom stereocenters. The summed E-state index contributed by atoms with van der Waals surface area (Å²) in [5, 5.41) is 0. The second kappa shape index (κ2) is 7.24. The lowest BCUT2D eigenvalue weighted by molar-refractivity contribution is 0.862. The highest BCUT2D eigenvalue weighted by Gasteiger charge is 2.04. The topological polar surface area (TPSA) is 0 Å². The number of rotatable bonds is 5. The van der Waals surface area contributed by atoms with Gasteiger partial charge in [0, 0.05) is 9.79 Å². The number of hydrogen-bond donors (Lipinski definition) is 0. The average Bonchev–Trinajstić information content (AvgIpc) is 2.45. The number of hydrogen-bond acceptors (Lipinski definition) is 2. The first kappa shape index (κ1) is 15.5. The number of benzene rings is 2. The first-order chi connectivity index (χ1) is 9.56. The highest BCUT2D eigenvalue weighted by atomic mass is 33.1. The van der Waals surface area contributed by atoms with Gasteiger partial charge in [-0.25, -0.2) is 0 Å². The lowest BCUT2D eigenvalue weighted by atomic mass is 10.0. The molecular formula is C18H22S2. The van der Waals surface area contributed by atoms with Gasteiger partial charge in [0.1, 0.15) is 0 Å². The van der Waals surface area contributed by atoms with Crippen molar-refractivity contribution in [2.45, 2.75) is 49.3 Å². The van der Waals surface area contributed by atoms with Gasteiger partial charge in [0.15, 0.2) is 0 Å². The summed E-state index contributed by atoms with van der Waals surface area (Å²) in [5.41, 5.74) is 2.82. The summed E-state index contributed by atoms with van der Waals surface area (Å²) in [5.74, 6) is 1.18. The molecule has 106 valence electrons. The zero-order chi connectivity index (χ0) is 14.5. The van der Waals surface area contributed by atoms with Gasteiger partial charge in [0.2, 0.25) is 0 Å². The van der Waals surface area contributed by atoms with E-state index in [2.05, 4.69) is 76.2 Å². The molecule has 0 aliphatic rings. The minimum atomic E-state index is 0.588. The molecule has 2 rings (SSSR count). The molecule has 0 spiro atoms. The van der Waals surface area contributed by atoms with Crippen molar-refractivity contribution < 1.29 is 0 Å². The van der Waals surface area contributed by atoms with Crippen molar-refractivity contribution >= 4 is 21.6 Å². The van der Waals surface area contributed by atoms with Crippen LogP contribution in [0.1, 0.15) is 50.7 Å². The van der Waals surface area contributed by atoms with Crippen LogP contribution in [0.2, 0.25) is 0 Å². The van der Waals surface area contributed by atoms with Gasteiger partial charge in [-0.05, 0) is 47.2 Å². The predicted molar refractivity (Wildman–Crippen MR) is 92.8 cm³/mol. The van der Waals surface area contributed by atoms with E-state index in [1.54, 1.807) is 0 Å². The Hall–Kier alpha value is -0.860. The molecule has 2 aromatic carbocycles. The van der Waals surface area contributed by atoms with E-state index in [4.69, 9.17) is 0 Å². The summed E-state index contributed by atoms with van der Waals surface area (Å²) in [6.45, 7) is 8.96. The van der Waals surface area contributed by atoms with Crippen molar-refractivity contribution in [3.63, 3.8) is 0 Å². The smallest absolute Gasteiger partial charge is 0.0189 e. The Balaban J connectivity index is 2.05. The van der Waals surface area contributed by atoms with Crippen molar-refractivity contribution in [2.24, 2.45) is 0 Å². The van der Waals surface area contributed by atoms with E-state index in [-0.39, 0.29) is 0 Å². The summed E-state index contributed by atoms with van der Waals surface area (Å²) < 4.78 is 0. The minimum absolute atomic E-state index is 0.588. The summed E-state index contributed by atoms with van der Waals surface area (Å²) in [7, 11) is 3.68.